The van der Waals surface area contributed by atoms with Crippen LogP contribution in [0.25, 0.3) is 11.0 Å². The smallest absolute Gasteiger partial charge is 0.160 e. The fourth-order valence-corrected chi connectivity index (χ4v) is 2.35. The van der Waals surface area contributed by atoms with E-state index in [1.54, 1.807) is 6.07 Å². The first-order chi connectivity index (χ1) is 10.2. The highest BCUT2D eigenvalue weighted by atomic mass is 79.9. The molecular weight excluding hydrogens is 332 g/mol. The summed E-state index contributed by atoms with van der Waals surface area (Å²) in [4.78, 5) is 23.5. The molecule has 1 aromatic carbocycles. The van der Waals surface area contributed by atoms with Gasteiger partial charge in [0.15, 0.2) is 12.1 Å². The molecule has 0 amide bonds. The molecule has 5 nitrogen and oxygen atoms in total. The number of aromatic nitrogens is 3. The average Bonchev–Trinajstić information content (AvgIpc) is 2.51. The summed E-state index contributed by atoms with van der Waals surface area (Å²) in [6, 6.07) is 7.58. The van der Waals surface area contributed by atoms with E-state index in [1.165, 1.54) is 12.5 Å². The van der Waals surface area contributed by atoms with Crippen molar-refractivity contribution >= 4 is 44.8 Å². The third kappa shape index (κ3) is 2.62. The fourth-order valence-electron chi connectivity index (χ4n) is 1.99. The first kappa shape index (κ1) is 13.6. The number of benzene rings is 1. The zero-order valence-corrected chi connectivity index (χ0v) is 12.8. The number of pyridine rings is 1. The molecule has 2 aromatic heterocycles. The van der Waals surface area contributed by atoms with Crippen LogP contribution in [-0.4, -0.2) is 21.2 Å². The lowest BCUT2D eigenvalue weighted by molar-refractivity contribution is 0.112. The van der Waals surface area contributed by atoms with Crippen LogP contribution in [0.2, 0.25) is 0 Å². The van der Waals surface area contributed by atoms with Crippen LogP contribution in [-0.2, 0) is 0 Å². The quantitative estimate of drug-likeness (QED) is 0.735. The number of nitrogens with one attached hydrogen (secondary N) is 1. The third-order valence-electron chi connectivity index (χ3n) is 3.15. The van der Waals surface area contributed by atoms with Gasteiger partial charge < -0.3 is 5.32 Å². The standard InChI is InChI=1S/C15H11BrN4O/c1-9-11(16)3-2-4-12(9)20-15-14-13(18-8-19-15)5-10(7-21)6-17-14/h2-8H,1H3,(H,18,19,20). The normalized spacial score (nSPS) is 10.6. The molecule has 6 heteroatoms. The van der Waals surface area contributed by atoms with E-state index in [0.717, 1.165) is 22.0 Å². The number of halogens is 1. The zero-order valence-electron chi connectivity index (χ0n) is 11.2. The van der Waals surface area contributed by atoms with E-state index < -0.39 is 0 Å². The van der Waals surface area contributed by atoms with Crippen LogP contribution in [0.3, 0.4) is 0 Å². The van der Waals surface area contributed by atoms with Gasteiger partial charge in [0, 0.05) is 21.9 Å². The van der Waals surface area contributed by atoms with Crippen molar-refractivity contribution in [2.24, 2.45) is 0 Å². The second-order valence-corrected chi connectivity index (χ2v) is 5.37. The first-order valence-corrected chi connectivity index (χ1v) is 7.06. The lowest BCUT2D eigenvalue weighted by Crippen LogP contribution is -2.00. The van der Waals surface area contributed by atoms with Crippen molar-refractivity contribution in [3.63, 3.8) is 0 Å². The van der Waals surface area contributed by atoms with Crippen molar-refractivity contribution in [3.05, 3.63) is 52.4 Å². The topological polar surface area (TPSA) is 67.8 Å². The van der Waals surface area contributed by atoms with Crippen molar-refractivity contribution in [1.29, 1.82) is 0 Å². The number of aldehydes is 1. The minimum atomic E-state index is 0.491. The predicted molar refractivity (Wildman–Crippen MR) is 84.9 cm³/mol. The Balaban J connectivity index is 2.08. The van der Waals surface area contributed by atoms with Gasteiger partial charge in [-0.2, -0.15) is 0 Å². The van der Waals surface area contributed by atoms with Crippen LogP contribution in [0.15, 0.2) is 41.3 Å². The van der Waals surface area contributed by atoms with Gasteiger partial charge in [0.05, 0.1) is 5.52 Å². The van der Waals surface area contributed by atoms with Crippen molar-refractivity contribution in [1.82, 2.24) is 15.0 Å². The number of rotatable bonds is 3. The molecule has 0 fully saturated rings. The van der Waals surface area contributed by atoms with Gasteiger partial charge in [0.1, 0.15) is 11.8 Å². The number of carbonyl (C=O) groups excluding carboxylic acids is 1. The van der Waals surface area contributed by atoms with Gasteiger partial charge in [-0.05, 0) is 30.7 Å². The van der Waals surface area contributed by atoms with E-state index in [-0.39, 0.29) is 0 Å². The Morgan fingerprint density at radius 3 is 2.90 bits per heavy atom. The van der Waals surface area contributed by atoms with Gasteiger partial charge in [-0.15, -0.1) is 0 Å². The molecule has 0 aliphatic heterocycles. The lowest BCUT2D eigenvalue weighted by Gasteiger charge is -2.11. The molecule has 0 spiro atoms. The second kappa shape index (κ2) is 5.57. The van der Waals surface area contributed by atoms with Crippen molar-refractivity contribution < 1.29 is 4.79 Å². The second-order valence-electron chi connectivity index (χ2n) is 4.51. The summed E-state index contributed by atoms with van der Waals surface area (Å²) in [6.45, 7) is 2.01. The molecule has 0 saturated carbocycles. The minimum absolute atomic E-state index is 0.491. The first-order valence-electron chi connectivity index (χ1n) is 6.27. The van der Waals surface area contributed by atoms with Crippen LogP contribution < -0.4 is 5.32 Å². The Morgan fingerprint density at radius 2 is 2.10 bits per heavy atom. The number of nitrogens with zero attached hydrogens (tertiary/aromatic N) is 3. The van der Waals surface area contributed by atoms with Crippen molar-refractivity contribution in [3.8, 4) is 0 Å². The number of fused-ring (bicyclic) bond motifs is 1. The van der Waals surface area contributed by atoms with Gasteiger partial charge in [-0.25, -0.2) is 15.0 Å². The monoisotopic (exact) mass is 342 g/mol. The summed E-state index contributed by atoms with van der Waals surface area (Å²) in [6.07, 6.45) is 3.71. The SMILES string of the molecule is Cc1c(Br)cccc1Nc1ncnc2cc(C=O)cnc12. The zero-order chi connectivity index (χ0) is 14.8. The maximum atomic E-state index is 10.8. The van der Waals surface area contributed by atoms with Gasteiger partial charge >= 0.3 is 0 Å². The Kier molecular flexibility index (Phi) is 3.62. The van der Waals surface area contributed by atoms with Crippen molar-refractivity contribution in [2.75, 3.05) is 5.32 Å². The Labute approximate surface area is 129 Å². The molecule has 0 radical (unpaired) electrons. The maximum Gasteiger partial charge on any atom is 0.160 e. The van der Waals surface area contributed by atoms with E-state index in [1.807, 2.05) is 25.1 Å². The maximum absolute atomic E-state index is 10.8. The summed E-state index contributed by atoms with van der Waals surface area (Å²) in [7, 11) is 0. The van der Waals surface area contributed by atoms with Gasteiger partial charge in [0.2, 0.25) is 0 Å². The highest BCUT2D eigenvalue weighted by molar-refractivity contribution is 9.10. The molecule has 0 aliphatic rings. The van der Waals surface area contributed by atoms with E-state index in [0.29, 0.717) is 22.4 Å². The highest BCUT2D eigenvalue weighted by Gasteiger charge is 2.08. The van der Waals surface area contributed by atoms with E-state index in [4.69, 9.17) is 0 Å². The van der Waals surface area contributed by atoms with Crippen molar-refractivity contribution in [2.45, 2.75) is 6.92 Å². The van der Waals surface area contributed by atoms with Crippen LogP contribution in [0.1, 0.15) is 15.9 Å². The summed E-state index contributed by atoms with van der Waals surface area (Å²) >= 11 is 3.50. The molecular formula is C15H11BrN4O. The van der Waals surface area contributed by atoms with Gasteiger partial charge in [-0.3, -0.25) is 4.79 Å². The van der Waals surface area contributed by atoms with E-state index >= 15 is 0 Å². The predicted octanol–water partition coefficient (Wildman–Crippen LogP) is 3.65. The molecule has 1 N–H and O–H groups in total. The van der Waals surface area contributed by atoms with E-state index in [9.17, 15) is 4.79 Å². The number of hydrogen-bond acceptors (Lipinski definition) is 5. The van der Waals surface area contributed by atoms with Gasteiger partial charge in [0.25, 0.3) is 0 Å². The average molecular weight is 343 g/mol. The van der Waals surface area contributed by atoms with Crippen LogP contribution >= 0.6 is 15.9 Å². The lowest BCUT2D eigenvalue weighted by atomic mass is 10.2. The fraction of sp³-hybridized carbons (Fsp3) is 0.0667. The Bertz CT molecular complexity index is 835. The summed E-state index contributed by atoms with van der Waals surface area (Å²) in [5, 5.41) is 3.26. The largest absolute Gasteiger partial charge is 0.338 e. The molecule has 21 heavy (non-hydrogen) atoms. The summed E-state index contributed by atoms with van der Waals surface area (Å²) < 4.78 is 1.02. The van der Waals surface area contributed by atoms with Gasteiger partial charge in [-0.1, -0.05) is 22.0 Å². The molecule has 104 valence electrons. The summed E-state index contributed by atoms with van der Waals surface area (Å²) in [5.41, 5.74) is 3.76. The van der Waals surface area contributed by atoms with E-state index in [2.05, 4.69) is 36.2 Å². The molecule has 2 heterocycles. The number of carbonyl (C=O) groups is 1. The molecule has 0 aliphatic carbocycles. The third-order valence-corrected chi connectivity index (χ3v) is 4.01. The minimum Gasteiger partial charge on any atom is -0.338 e. The number of anilines is 2. The summed E-state index contributed by atoms with van der Waals surface area (Å²) in [5.74, 6) is 0.610. The Hall–Kier alpha value is -2.34. The van der Waals surface area contributed by atoms with Crippen LogP contribution in [0.5, 0.6) is 0 Å². The highest BCUT2D eigenvalue weighted by Crippen LogP contribution is 2.27. The molecule has 0 bridgehead atoms. The number of hydrogen-bond donors (Lipinski definition) is 1. The molecule has 3 aromatic rings. The molecule has 0 saturated heterocycles. The molecule has 0 atom stereocenters. The molecule has 0 unspecified atom stereocenters. The van der Waals surface area contributed by atoms with Crippen LogP contribution in [0.4, 0.5) is 11.5 Å². The Morgan fingerprint density at radius 1 is 1.24 bits per heavy atom. The van der Waals surface area contributed by atoms with Crippen LogP contribution in [0, 0.1) is 6.92 Å². The molecule has 3 rings (SSSR count).